The summed E-state index contributed by atoms with van der Waals surface area (Å²) in [7, 11) is 0. The van der Waals surface area contributed by atoms with E-state index in [4.69, 9.17) is 10.5 Å². The summed E-state index contributed by atoms with van der Waals surface area (Å²) in [6.45, 7) is 6.78. The molecule has 0 aliphatic carbocycles. The van der Waals surface area contributed by atoms with Gasteiger partial charge >= 0.3 is 6.09 Å². The molecule has 0 aromatic heterocycles. The summed E-state index contributed by atoms with van der Waals surface area (Å²) in [5.41, 5.74) is 4.40. The summed E-state index contributed by atoms with van der Waals surface area (Å²) >= 11 is 0. The van der Waals surface area contributed by atoms with Gasteiger partial charge in [-0.15, -0.1) is 0 Å². The van der Waals surface area contributed by atoms with Crippen molar-refractivity contribution >= 4 is 12.0 Å². The van der Waals surface area contributed by atoms with Crippen molar-refractivity contribution < 1.29 is 14.3 Å². The molecule has 0 fully saturated rings. The maximum absolute atomic E-state index is 11.0. The predicted octanol–water partition coefficient (Wildman–Crippen LogP) is 0.938. The third kappa shape index (κ3) is 8.83. The highest BCUT2D eigenvalue weighted by atomic mass is 16.6. The van der Waals surface area contributed by atoms with E-state index in [-0.39, 0.29) is 6.42 Å². The smallest absolute Gasteiger partial charge is 0.407 e. The molecular formula is C9H17N2O3. The quantitative estimate of drug-likeness (QED) is 0.664. The standard InChI is InChI=1S/C9H17N2O3/c1-9(2,3)14-8(13)11-6-4-5-7(10)12/h6H,4-5H2,1-3H3,(H2,10,12)(H,11,13). The van der Waals surface area contributed by atoms with Gasteiger partial charge in [0.05, 0.1) is 6.54 Å². The van der Waals surface area contributed by atoms with Crippen molar-refractivity contribution in [3.8, 4) is 0 Å². The second-order valence-corrected chi connectivity index (χ2v) is 3.86. The van der Waals surface area contributed by atoms with E-state index in [1.165, 1.54) is 6.54 Å². The Morgan fingerprint density at radius 1 is 1.43 bits per heavy atom. The van der Waals surface area contributed by atoms with Crippen molar-refractivity contribution in [2.45, 2.75) is 39.2 Å². The molecule has 3 N–H and O–H groups in total. The number of carbonyl (C=O) groups is 2. The van der Waals surface area contributed by atoms with Crippen LogP contribution < -0.4 is 11.1 Å². The van der Waals surface area contributed by atoms with Crippen molar-refractivity contribution in [2.24, 2.45) is 5.73 Å². The lowest BCUT2D eigenvalue weighted by Crippen LogP contribution is -2.31. The maximum Gasteiger partial charge on any atom is 0.407 e. The van der Waals surface area contributed by atoms with E-state index in [9.17, 15) is 9.59 Å². The molecule has 2 amide bonds. The topological polar surface area (TPSA) is 81.4 Å². The van der Waals surface area contributed by atoms with Gasteiger partial charge in [-0.25, -0.2) is 4.79 Å². The maximum atomic E-state index is 11.0. The number of alkyl carbamates (subject to hydrolysis) is 1. The Morgan fingerprint density at radius 2 is 2.00 bits per heavy atom. The molecule has 5 nitrogen and oxygen atoms in total. The van der Waals surface area contributed by atoms with Gasteiger partial charge in [0.2, 0.25) is 5.91 Å². The van der Waals surface area contributed by atoms with Gasteiger partial charge in [0, 0.05) is 6.42 Å². The molecule has 81 valence electrons. The molecule has 0 aliphatic heterocycles. The van der Waals surface area contributed by atoms with Crippen molar-refractivity contribution in [1.29, 1.82) is 0 Å². The third-order valence-electron chi connectivity index (χ3n) is 1.15. The van der Waals surface area contributed by atoms with Crippen LogP contribution in [0.5, 0.6) is 0 Å². The summed E-state index contributed by atoms with van der Waals surface area (Å²) in [6, 6.07) is 0. The lowest BCUT2D eigenvalue weighted by atomic mass is 10.2. The highest BCUT2D eigenvalue weighted by Gasteiger charge is 2.15. The second-order valence-electron chi connectivity index (χ2n) is 3.86. The van der Waals surface area contributed by atoms with E-state index in [1.54, 1.807) is 20.8 Å². The molecular weight excluding hydrogens is 184 g/mol. The van der Waals surface area contributed by atoms with Crippen molar-refractivity contribution in [2.75, 3.05) is 0 Å². The van der Waals surface area contributed by atoms with Crippen LogP contribution in [0, 0.1) is 6.54 Å². The normalized spacial score (nSPS) is 10.8. The summed E-state index contributed by atoms with van der Waals surface area (Å²) in [5, 5.41) is 2.40. The average molecular weight is 201 g/mol. The number of ether oxygens (including phenoxy) is 1. The molecule has 0 saturated carbocycles. The first-order chi connectivity index (χ1) is 6.31. The number of primary amides is 1. The zero-order chi connectivity index (χ0) is 11.2. The number of nitrogens with one attached hydrogen (secondary N) is 1. The zero-order valence-corrected chi connectivity index (χ0v) is 8.79. The van der Waals surface area contributed by atoms with Crippen LogP contribution in [0.4, 0.5) is 4.79 Å². The van der Waals surface area contributed by atoms with Crippen molar-refractivity contribution in [3.05, 3.63) is 6.54 Å². The summed E-state index contributed by atoms with van der Waals surface area (Å²) in [4.78, 5) is 21.4. The fourth-order valence-electron chi connectivity index (χ4n) is 0.677. The Labute approximate surface area is 84.0 Å². The largest absolute Gasteiger partial charge is 0.444 e. The van der Waals surface area contributed by atoms with Gasteiger partial charge in [-0.05, 0) is 27.2 Å². The van der Waals surface area contributed by atoms with Crippen LogP contribution in [0.1, 0.15) is 33.6 Å². The summed E-state index contributed by atoms with van der Waals surface area (Å²) < 4.78 is 4.95. The van der Waals surface area contributed by atoms with Gasteiger partial charge in [0.1, 0.15) is 5.60 Å². The van der Waals surface area contributed by atoms with Crippen LogP contribution in [-0.2, 0) is 9.53 Å². The molecule has 0 atom stereocenters. The first kappa shape index (κ1) is 12.7. The molecule has 1 radical (unpaired) electrons. The molecule has 0 rings (SSSR count). The van der Waals surface area contributed by atoms with Gasteiger partial charge < -0.3 is 15.8 Å². The van der Waals surface area contributed by atoms with Gasteiger partial charge in [-0.1, -0.05) is 0 Å². The minimum Gasteiger partial charge on any atom is -0.444 e. The van der Waals surface area contributed by atoms with E-state index < -0.39 is 17.6 Å². The van der Waals surface area contributed by atoms with Crippen LogP contribution in [0.15, 0.2) is 0 Å². The molecule has 0 aliphatic rings. The van der Waals surface area contributed by atoms with Crippen LogP contribution in [0.25, 0.3) is 0 Å². The van der Waals surface area contributed by atoms with Gasteiger partial charge in [-0.3, -0.25) is 4.79 Å². The van der Waals surface area contributed by atoms with Crippen LogP contribution in [0.2, 0.25) is 0 Å². The molecule has 0 aromatic rings. The number of carbonyl (C=O) groups excluding carboxylic acids is 2. The minimum atomic E-state index is -0.526. The van der Waals surface area contributed by atoms with E-state index in [0.29, 0.717) is 6.42 Å². The SMILES string of the molecule is CC(C)(C)OC(=O)N[CH]CCC(N)=O. The zero-order valence-electron chi connectivity index (χ0n) is 8.79. The Bertz CT molecular complexity index is 209. The molecule has 0 saturated heterocycles. The first-order valence-electron chi connectivity index (χ1n) is 4.41. The van der Waals surface area contributed by atoms with Gasteiger partial charge in [0.15, 0.2) is 0 Å². The van der Waals surface area contributed by atoms with Gasteiger partial charge in [0.25, 0.3) is 0 Å². The molecule has 0 heterocycles. The lowest BCUT2D eigenvalue weighted by molar-refractivity contribution is -0.118. The predicted molar refractivity (Wildman–Crippen MR) is 52.1 cm³/mol. The van der Waals surface area contributed by atoms with Crippen molar-refractivity contribution in [3.63, 3.8) is 0 Å². The number of amides is 2. The fourth-order valence-corrected chi connectivity index (χ4v) is 0.677. The number of rotatable bonds is 4. The Hall–Kier alpha value is -1.26. The second kappa shape index (κ2) is 5.47. The Balaban J connectivity index is 3.50. The van der Waals surface area contributed by atoms with Crippen molar-refractivity contribution in [1.82, 2.24) is 5.32 Å². The van der Waals surface area contributed by atoms with Crippen LogP contribution in [0.3, 0.4) is 0 Å². The van der Waals surface area contributed by atoms with Crippen LogP contribution >= 0.6 is 0 Å². The van der Waals surface area contributed by atoms with E-state index >= 15 is 0 Å². The summed E-state index contributed by atoms with van der Waals surface area (Å²) in [6.07, 6.45) is 0.103. The highest BCUT2D eigenvalue weighted by Crippen LogP contribution is 2.06. The molecule has 0 bridgehead atoms. The van der Waals surface area contributed by atoms with E-state index in [0.717, 1.165) is 0 Å². The average Bonchev–Trinajstić information content (AvgIpc) is 1.94. The molecule has 0 spiro atoms. The molecule has 14 heavy (non-hydrogen) atoms. The van der Waals surface area contributed by atoms with E-state index in [1.807, 2.05) is 0 Å². The number of hydrogen-bond acceptors (Lipinski definition) is 3. The minimum absolute atomic E-state index is 0.218. The van der Waals surface area contributed by atoms with Gasteiger partial charge in [-0.2, -0.15) is 0 Å². The summed E-state index contributed by atoms with van der Waals surface area (Å²) in [5.74, 6) is -0.396. The fraction of sp³-hybridized carbons (Fsp3) is 0.667. The lowest BCUT2D eigenvalue weighted by Gasteiger charge is -2.19. The van der Waals surface area contributed by atoms with Crippen LogP contribution in [-0.4, -0.2) is 17.6 Å². The molecule has 0 aromatic carbocycles. The van der Waals surface area contributed by atoms with E-state index in [2.05, 4.69) is 5.32 Å². The first-order valence-corrected chi connectivity index (χ1v) is 4.41. The Morgan fingerprint density at radius 3 is 2.43 bits per heavy atom. The molecule has 5 heteroatoms. The monoisotopic (exact) mass is 201 g/mol. The highest BCUT2D eigenvalue weighted by molar-refractivity contribution is 5.74. The third-order valence-corrected chi connectivity index (χ3v) is 1.15. The number of nitrogens with two attached hydrogens (primary N) is 1. The number of hydrogen-bond donors (Lipinski definition) is 2. The Kier molecular flexibility index (Phi) is 4.97. The molecule has 0 unspecified atom stereocenters.